The van der Waals surface area contributed by atoms with Gasteiger partial charge in [-0.1, -0.05) is 35.9 Å². The largest absolute Gasteiger partial charge is 0.379 e. The van der Waals surface area contributed by atoms with Crippen LogP contribution in [0, 0.1) is 17.0 Å². The highest BCUT2D eigenvalue weighted by molar-refractivity contribution is 7.87. The number of amides is 1. The standard InChI is InChI=1S/C24H22N2O6S/c1-17-7-9-18(10-8-17)23-6-3-15-25(23)24(27)19-11-13-21(14-12-19)32-33(30,31)22-5-2-4-20(16-22)26(28)29/h2,4-5,7-14,16,23H,3,6,15H2,1H3. The molecule has 1 amide bonds. The van der Waals surface area contributed by atoms with Gasteiger partial charge in [-0.15, -0.1) is 0 Å². The van der Waals surface area contributed by atoms with Gasteiger partial charge in [0.2, 0.25) is 0 Å². The normalized spacial score (nSPS) is 15.9. The number of carbonyl (C=O) groups excluding carboxylic acids is 1. The topological polar surface area (TPSA) is 107 Å². The predicted octanol–water partition coefficient (Wildman–Crippen LogP) is 4.65. The summed E-state index contributed by atoms with van der Waals surface area (Å²) in [6, 6.07) is 18.6. The number of likely N-dealkylation sites (tertiary alicyclic amines) is 1. The van der Waals surface area contributed by atoms with Crippen LogP contribution in [-0.4, -0.2) is 30.7 Å². The van der Waals surface area contributed by atoms with Crippen LogP contribution in [-0.2, 0) is 10.1 Å². The molecule has 1 saturated heterocycles. The van der Waals surface area contributed by atoms with Gasteiger partial charge in [0.25, 0.3) is 11.6 Å². The lowest BCUT2D eigenvalue weighted by Crippen LogP contribution is -2.30. The Morgan fingerprint density at radius 1 is 1.06 bits per heavy atom. The van der Waals surface area contributed by atoms with E-state index in [4.69, 9.17) is 4.18 Å². The summed E-state index contributed by atoms with van der Waals surface area (Å²) in [6.45, 7) is 2.67. The zero-order valence-corrected chi connectivity index (χ0v) is 18.7. The second kappa shape index (κ2) is 9.03. The van der Waals surface area contributed by atoms with Crippen LogP contribution in [0.3, 0.4) is 0 Å². The molecule has 33 heavy (non-hydrogen) atoms. The van der Waals surface area contributed by atoms with Crippen LogP contribution in [0.2, 0.25) is 0 Å². The molecule has 0 aliphatic carbocycles. The average Bonchev–Trinajstić information content (AvgIpc) is 3.29. The van der Waals surface area contributed by atoms with Crippen LogP contribution in [0.4, 0.5) is 5.69 Å². The number of hydrogen-bond acceptors (Lipinski definition) is 6. The zero-order chi connectivity index (χ0) is 23.6. The summed E-state index contributed by atoms with van der Waals surface area (Å²) in [5, 5.41) is 10.9. The molecule has 1 unspecified atom stereocenters. The van der Waals surface area contributed by atoms with E-state index in [1.807, 2.05) is 36.1 Å². The fourth-order valence-corrected chi connectivity index (χ4v) is 4.86. The highest BCUT2D eigenvalue weighted by Crippen LogP contribution is 2.33. The molecule has 0 radical (unpaired) electrons. The van der Waals surface area contributed by atoms with E-state index in [1.54, 1.807) is 0 Å². The van der Waals surface area contributed by atoms with Gasteiger partial charge >= 0.3 is 10.1 Å². The van der Waals surface area contributed by atoms with Crippen LogP contribution in [0.5, 0.6) is 5.75 Å². The van der Waals surface area contributed by atoms with Crippen molar-refractivity contribution in [3.05, 3.63) is 99.6 Å². The minimum absolute atomic E-state index is 0.00303. The van der Waals surface area contributed by atoms with E-state index in [2.05, 4.69) is 0 Å². The monoisotopic (exact) mass is 466 g/mol. The van der Waals surface area contributed by atoms with Crippen LogP contribution < -0.4 is 4.18 Å². The summed E-state index contributed by atoms with van der Waals surface area (Å²) in [7, 11) is -4.27. The van der Waals surface area contributed by atoms with Crippen molar-refractivity contribution < 1.29 is 22.3 Å². The minimum Gasteiger partial charge on any atom is -0.379 e. The van der Waals surface area contributed by atoms with E-state index >= 15 is 0 Å². The highest BCUT2D eigenvalue weighted by Gasteiger charge is 2.30. The van der Waals surface area contributed by atoms with Gasteiger partial charge in [-0.2, -0.15) is 8.42 Å². The van der Waals surface area contributed by atoms with E-state index in [0.29, 0.717) is 12.1 Å². The fraction of sp³-hybridized carbons (Fsp3) is 0.208. The smallest absolute Gasteiger partial charge is 0.339 e. The fourth-order valence-electron chi connectivity index (χ4n) is 3.89. The van der Waals surface area contributed by atoms with Gasteiger partial charge in [0.05, 0.1) is 11.0 Å². The van der Waals surface area contributed by atoms with E-state index in [9.17, 15) is 23.3 Å². The Morgan fingerprint density at radius 3 is 2.42 bits per heavy atom. The van der Waals surface area contributed by atoms with Gasteiger partial charge in [-0.25, -0.2) is 0 Å². The van der Waals surface area contributed by atoms with Crippen molar-refractivity contribution in [3.63, 3.8) is 0 Å². The molecular weight excluding hydrogens is 444 g/mol. The Labute approximate surface area is 191 Å². The molecule has 3 aromatic rings. The number of nitrogens with zero attached hydrogens (tertiary/aromatic N) is 2. The summed E-state index contributed by atoms with van der Waals surface area (Å²) >= 11 is 0. The second-order valence-electron chi connectivity index (χ2n) is 7.88. The van der Waals surface area contributed by atoms with E-state index in [1.165, 1.54) is 42.5 Å². The third kappa shape index (κ3) is 4.88. The lowest BCUT2D eigenvalue weighted by Gasteiger charge is -2.25. The van der Waals surface area contributed by atoms with Crippen molar-refractivity contribution in [3.8, 4) is 5.75 Å². The Kier molecular flexibility index (Phi) is 6.15. The molecular formula is C24H22N2O6S. The number of carbonyl (C=O) groups is 1. The third-order valence-corrected chi connectivity index (χ3v) is 6.84. The molecule has 0 spiro atoms. The molecule has 4 rings (SSSR count). The molecule has 1 heterocycles. The van der Waals surface area contributed by atoms with Crippen molar-refractivity contribution >= 4 is 21.7 Å². The van der Waals surface area contributed by atoms with Crippen molar-refractivity contribution in [1.29, 1.82) is 0 Å². The molecule has 9 heteroatoms. The number of nitro groups is 1. The number of hydrogen-bond donors (Lipinski definition) is 0. The lowest BCUT2D eigenvalue weighted by atomic mass is 10.0. The SMILES string of the molecule is Cc1ccc(C2CCCN2C(=O)c2ccc(OS(=O)(=O)c3cccc([N+](=O)[O-])c3)cc2)cc1. The minimum atomic E-state index is -4.27. The summed E-state index contributed by atoms with van der Waals surface area (Å²) < 4.78 is 30.1. The molecule has 0 N–H and O–H groups in total. The number of rotatable bonds is 6. The Bertz CT molecular complexity index is 1290. The number of nitro benzene ring substituents is 1. The molecule has 1 atom stereocenters. The van der Waals surface area contributed by atoms with Gasteiger partial charge in [0.15, 0.2) is 0 Å². The third-order valence-electron chi connectivity index (χ3n) is 5.60. The molecule has 1 fully saturated rings. The lowest BCUT2D eigenvalue weighted by molar-refractivity contribution is -0.385. The van der Waals surface area contributed by atoms with Crippen molar-refractivity contribution in [2.24, 2.45) is 0 Å². The maximum absolute atomic E-state index is 13.1. The van der Waals surface area contributed by atoms with Gasteiger partial charge in [-0.3, -0.25) is 14.9 Å². The summed E-state index contributed by atoms with van der Waals surface area (Å²) in [5.41, 5.74) is 2.32. The van der Waals surface area contributed by atoms with Crippen molar-refractivity contribution in [2.75, 3.05) is 6.54 Å². The van der Waals surface area contributed by atoms with E-state index in [-0.39, 0.29) is 28.3 Å². The van der Waals surface area contributed by atoms with Crippen molar-refractivity contribution in [1.82, 2.24) is 4.90 Å². The molecule has 0 aromatic heterocycles. The van der Waals surface area contributed by atoms with Gasteiger partial charge < -0.3 is 9.08 Å². The van der Waals surface area contributed by atoms with E-state index < -0.39 is 15.0 Å². The van der Waals surface area contributed by atoms with E-state index in [0.717, 1.165) is 30.0 Å². The van der Waals surface area contributed by atoms with Gasteiger partial charge in [0.1, 0.15) is 10.6 Å². The highest BCUT2D eigenvalue weighted by atomic mass is 32.2. The average molecular weight is 467 g/mol. The summed E-state index contributed by atoms with van der Waals surface area (Å²) in [4.78, 5) is 24.9. The van der Waals surface area contributed by atoms with Crippen molar-refractivity contribution in [2.45, 2.75) is 30.7 Å². The van der Waals surface area contributed by atoms with Gasteiger partial charge in [0, 0.05) is 24.2 Å². The maximum atomic E-state index is 13.1. The number of benzene rings is 3. The molecule has 170 valence electrons. The van der Waals surface area contributed by atoms with Crippen LogP contribution >= 0.6 is 0 Å². The van der Waals surface area contributed by atoms with Crippen LogP contribution in [0.1, 0.15) is 40.4 Å². The van der Waals surface area contributed by atoms with Gasteiger partial charge in [-0.05, 0) is 55.7 Å². The Hall–Kier alpha value is -3.72. The Morgan fingerprint density at radius 2 is 1.76 bits per heavy atom. The first-order chi connectivity index (χ1) is 15.7. The first-order valence-corrected chi connectivity index (χ1v) is 11.8. The molecule has 1 aliphatic rings. The first kappa shape index (κ1) is 22.5. The quantitative estimate of drug-likeness (QED) is 0.297. The van der Waals surface area contributed by atoms with Crippen LogP contribution in [0.25, 0.3) is 0 Å². The summed E-state index contributed by atoms with van der Waals surface area (Å²) in [5.74, 6) is -0.124. The zero-order valence-electron chi connectivity index (χ0n) is 17.9. The Balaban J connectivity index is 1.50. The number of aryl methyl sites for hydroxylation is 1. The number of non-ortho nitro benzene ring substituents is 1. The molecule has 0 bridgehead atoms. The predicted molar refractivity (Wildman–Crippen MR) is 122 cm³/mol. The molecule has 0 saturated carbocycles. The second-order valence-corrected chi connectivity index (χ2v) is 9.43. The molecule has 1 aliphatic heterocycles. The summed E-state index contributed by atoms with van der Waals surface area (Å²) in [6.07, 6.45) is 1.80. The maximum Gasteiger partial charge on any atom is 0.339 e. The van der Waals surface area contributed by atoms with Crippen LogP contribution in [0.15, 0.2) is 77.7 Å². The molecule has 8 nitrogen and oxygen atoms in total. The first-order valence-electron chi connectivity index (χ1n) is 10.4. The molecule has 3 aromatic carbocycles.